The van der Waals surface area contributed by atoms with Crippen molar-refractivity contribution in [3.05, 3.63) is 65.2 Å². The van der Waals surface area contributed by atoms with E-state index < -0.39 is 0 Å². The number of ether oxygens (including phenoxy) is 1. The minimum absolute atomic E-state index is 0.285. The van der Waals surface area contributed by atoms with Crippen LogP contribution in [0.15, 0.2) is 53.7 Å². The maximum absolute atomic E-state index is 8.83. The number of rotatable bonds is 6. The van der Waals surface area contributed by atoms with Gasteiger partial charge in [-0.15, -0.1) is 0 Å². The highest BCUT2D eigenvalue weighted by molar-refractivity contribution is 9.08. The van der Waals surface area contributed by atoms with Gasteiger partial charge in [-0.3, -0.25) is 0 Å². The molecule has 0 spiro atoms. The number of hydrogen-bond donors (Lipinski definition) is 0. The number of halogens is 1. The van der Waals surface area contributed by atoms with E-state index in [-0.39, 0.29) is 6.61 Å². The SMILES string of the molecule is CO/N=C(\COc1ccc(CBr)cc1)c1ccc(C#N)cc1. The Bertz CT molecular complexity index is 673. The molecule has 0 aliphatic heterocycles. The van der Waals surface area contributed by atoms with Crippen molar-refractivity contribution >= 4 is 21.6 Å². The number of alkyl halides is 1. The third kappa shape index (κ3) is 4.34. The van der Waals surface area contributed by atoms with Gasteiger partial charge in [0.25, 0.3) is 0 Å². The van der Waals surface area contributed by atoms with Crippen molar-refractivity contribution in [1.82, 2.24) is 0 Å². The average Bonchev–Trinajstić information content (AvgIpc) is 2.59. The molecule has 0 atom stereocenters. The molecule has 112 valence electrons. The van der Waals surface area contributed by atoms with Crippen LogP contribution in [0.3, 0.4) is 0 Å². The molecule has 2 aromatic carbocycles. The van der Waals surface area contributed by atoms with Gasteiger partial charge in [-0.05, 0) is 29.8 Å². The van der Waals surface area contributed by atoms with Gasteiger partial charge in [0, 0.05) is 10.9 Å². The fraction of sp³-hybridized carbons (Fsp3) is 0.176. The van der Waals surface area contributed by atoms with E-state index in [1.165, 1.54) is 12.7 Å². The third-order valence-corrected chi connectivity index (χ3v) is 3.65. The maximum atomic E-state index is 8.83. The number of benzene rings is 2. The first-order valence-corrected chi connectivity index (χ1v) is 7.77. The van der Waals surface area contributed by atoms with E-state index in [2.05, 4.69) is 27.2 Å². The van der Waals surface area contributed by atoms with Gasteiger partial charge in [-0.1, -0.05) is 45.4 Å². The Hall–Kier alpha value is -2.32. The van der Waals surface area contributed by atoms with Crippen molar-refractivity contribution in [1.29, 1.82) is 5.26 Å². The number of oxime groups is 1. The smallest absolute Gasteiger partial charge is 0.134 e. The van der Waals surface area contributed by atoms with E-state index in [9.17, 15) is 0 Å². The summed E-state index contributed by atoms with van der Waals surface area (Å²) in [4.78, 5) is 4.88. The van der Waals surface area contributed by atoms with Crippen molar-refractivity contribution < 1.29 is 9.57 Å². The van der Waals surface area contributed by atoms with Crippen LogP contribution in [0, 0.1) is 11.3 Å². The summed E-state index contributed by atoms with van der Waals surface area (Å²) in [6, 6.07) is 17.1. The zero-order valence-corrected chi connectivity index (χ0v) is 13.7. The van der Waals surface area contributed by atoms with E-state index in [1.54, 1.807) is 12.1 Å². The van der Waals surface area contributed by atoms with E-state index in [4.69, 9.17) is 14.8 Å². The van der Waals surface area contributed by atoms with E-state index in [0.717, 1.165) is 16.6 Å². The number of nitrogens with zero attached hydrogens (tertiary/aromatic N) is 2. The van der Waals surface area contributed by atoms with Crippen LogP contribution in [0.2, 0.25) is 0 Å². The molecule has 0 radical (unpaired) electrons. The number of hydrogen-bond acceptors (Lipinski definition) is 4. The van der Waals surface area contributed by atoms with Gasteiger partial charge in [0.15, 0.2) is 0 Å². The van der Waals surface area contributed by atoms with Gasteiger partial charge < -0.3 is 9.57 Å². The lowest BCUT2D eigenvalue weighted by Gasteiger charge is -2.09. The first kappa shape index (κ1) is 16.1. The lowest BCUT2D eigenvalue weighted by Crippen LogP contribution is -2.13. The van der Waals surface area contributed by atoms with E-state index in [0.29, 0.717) is 11.3 Å². The summed E-state index contributed by atoms with van der Waals surface area (Å²) in [6.45, 7) is 0.285. The predicted molar refractivity (Wildman–Crippen MR) is 89.3 cm³/mol. The normalized spacial score (nSPS) is 10.9. The summed E-state index contributed by atoms with van der Waals surface area (Å²) >= 11 is 3.41. The Morgan fingerprint density at radius 2 is 1.82 bits per heavy atom. The molecular formula is C17H15BrN2O2. The average molecular weight is 359 g/mol. The first-order chi connectivity index (χ1) is 10.8. The molecule has 0 saturated heterocycles. The summed E-state index contributed by atoms with van der Waals surface area (Å²) in [7, 11) is 1.49. The molecule has 2 aromatic rings. The summed E-state index contributed by atoms with van der Waals surface area (Å²) in [5.41, 5.74) is 3.31. The molecule has 2 rings (SSSR count). The van der Waals surface area contributed by atoms with Gasteiger partial charge >= 0.3 is 0 Å². The second-order valence-electron chi connectivity index (χ2n) is 4.48. The fourth-order valence-corrected chi connectivity index (χ4v) is 2.21. The highest BCUT2D eigenvalue weighted by Gasteiger charge is 2.06. The van der Waals surface area contributed by atoms with E-state index in [1.807, 2.05) is 36.4 Å². The molecular weight excluding hydrogens is 344 g/mol. The Morgan fingerprint density at radius 3 is 2.36 bits per heavy atom. The second kappa shape index (κ2) is 8.20. The second-order valence-corrected chi connectivity index (χ2v) is 5.04. The quantitative estimate of drug-likeness (QED) is 0.447. The molecule has 0 amide bonds. The molecule has 0 aromatic heterocycles. The van der Waals surface area contributed by atoms with Gasteiger partial charge in [0.2, 0.25) is 0 Å². The molecule has 5 heteroatoms. The highest BCUT2D eigenvalue weighted by Crippen LogP contribution is 2.15. The Morgan fingerprint density at radius 1 is 1.14 bits per heavy atom. The van der Waals surface area contributed by atoms with Crippen LogP contribution in [-0.2, 0) is 10.2 Å². The predicted octanol–water partition coefficient (Wildman–Crippen LogP) is 3.88. The largest absolute Gasteiger partial charge is 0.487 e. The summed E-state index contributed by atoms with van der Waals surface area (Å²) in [5.74, 6) is 0.766. The van der Waals surface area contributed by atoms with Gasteiger partial charge in [-0.2, -0.15) is 5.26 Å². The summed E-state index contributed by atoms with van der Waals surface area (Å²) in [6.07, 6.45) is 0. The van der Waals surface area contributed by atoms with Crippen LogP contribution < -0.4 is 4.74 Å². The van der Waals surface area contributed by atoms with Crippen LogP contribution in [-0.4, -0.2) is 19.4 Å². The molecule has 0 bridgehead atoms. The van der Waals surface area contributed by atoms with Crippen molar-refractivity contribution in [3.8, 4) is 11.8 Å². The molecule has 0 heterocycles. The van der Waals surface area contributed by atoms with Crippen molar-refractivity contribution in [2.24, 2.45) is 5.16 Å². The Kier molecular flexibility index (Phi) is 5.99. The molecule has 0 fully saturated rings. The summed E-state index contributed by atoms with van der Waals surface area (Å²) in [5, 5.41) is 13.6. The van der Waals surface area contributed by atoms with Gasteiger partial charge in [0.1, 0.15) is 25.2 Å². The Balaban J connectivity index is 2.08. The highest BCUT2D eigenvalue weighted by atomic mass is 79.9. The fourth-order valence-electron chi connectivity index (χ4n) is 1.84. The Labute approximate surface area is 138 Å². The van der Waals surface area contributed by atoms with Crippen LogP contribution in [0.1, 0.15) is 16.7 Å². The molecule has 0 aliphatic carbocycles. The van der Waals surface area contributed by atoms with Crippen LogP contribution in [0.4, 0.5) is 0 Å². The van der Waals surface area contributed by atoms with Crippen molar-refractivity contribution in [2.45, 2.75) is 5.33 Å². The molecule has 0 aliphatic rings. The van der Waals surface area contributed by atoms with Crippen LogP contribution in [0.25, 0.3) is 0 Å². The zero-order valence-electron chi connectivity index (χ0n) is 12.1. The molecule has 22 heavy (non-hydrogen) atoms. The monoisotopic (exact) mass is 358 g/mol. The van der Waals surface area contributed by atoms with E-state index >= 15 is 0 Å². The maximum Gasteiger partial charge on any atom is 0.134 e. The van der Waals surface area contributed by atoms with Crippen LogP contribution in [0.5, 0.6) is 5.75 Å². The number of nitriles is 1. The van der Waals surface area contributed by atoms with Crippen molar-refractivity contribution in [3.63, 3.8) is 0 Å². The standard InChI is InChI=1S/C17H15BrN2O2/c1-21-20-17(15-6-2-14(11-19)3-7-15)12-22-16-8-4-13(10-18)5-9-16/h2-9H,10,12H2,1H3/b20-17+. The van der Waals surface area contributed by atoms with Crippen molar-refractivity contribution in [2.75, 3.05) is 13.7 Å². The van der Waals surface area contributed by atoms with Gasteiger partial charge in [-0.25, -0.2) is 0 Å². The van der Waals surface area contributed by atoms with Gasteiger partial charge in [0.05, 0.1) is 11.6 Å². The topological polar surface area (TPSA) is 54.6 Å². The van der Waals surface area contributed by atoms with Crippen LogP contribution >= 0.6 is 15.9 Å². The summed E-state index contributed by atoms with van der Waals surface area (Å²) < 4.78 is 5.74. The zero-order chi connectivity index (χ0) is 15.8. The molecule has 0 unspecified atom stereocenters. The minimum Gasteiger partial charge on any atom is -0.487 e. The molecule has 4 nitrogen and oxygen atoms in total. The first-order valence-electron chi connectivity index (χ1n) is 6.65. The lowest BCUT2D eigenvalue weighted by molar-refractivity contribution is 0.210. The lowest BCUT2D eigenvalue weighted by atomic mass is 10.1. The third-order valence-electron chi connectivity index (χ3n) is 3.00. The molecule has 0 N–H and O–H groups in total. The minimum atomic E-state index is 0.285. The molecule has 0 saturated carbocycles.